The van der Waals surface area contributed by atoms with Gasteiger partial charge in [-0.05, 0) is 17.7 Å². The van der Waals surface area contributed by atoms with E-state index in [0.717, 1.165) is 5.56 Å². The SMILES string of the molecule is O=C(Cl)Oc1ccccc1.O=C(O)[C@@H](Br)c1ccccc1. The molecule has 4 nitrogen and oxygen atoms in total. The number of hydrogen-bond donors (Lipinski definition) is 1. The fourth-order valence-electron chi connectivity index (χ4n) is 1.35. The van der Waals surface area contributed by atoms with E-state index in [0.29, 0.717) is 5.75 Å². The van der Waals surface area contributed by atoms with Gasteiger partial charge in [-0.2, -0.15) is 0 Å². The molecule has 2 rings (SSSR count). The predicted molar refractivity (Wildman–Crippen MR) is 84.1 cm³/mol. The lowest BCUT2D eigenvalue weighted by Gasteiger charge is -2.02. The van der Waals surface area contributed by atoms with Crippen LogP contribution in [0, 0.1) is 0 Å². The van der Waals surface area contributed by atoms with Crippen molar-refractivity contribution in [1.82, 2.24) is 0 Å². The number of carboxylic acids is 1. The number of carboxylic acid groups (broad SMARTS) is 1. The fraction of sp³-hybridized carbons (Fsp3) is 0.0667. The maximum Gasteiger partial charge on any atom is 0.409 e. The van der Waals surface area contributed by atoms with Gasteiger partial charge >= 0.3 is 11.4 Å². The molecule has 110 valence electrons. The molecule has 0 fully saturated rings. The molecule has 0 bridgehead atoms. The molecule has 1 N–H and O–H groups in total. The zero-order valence-corrected chi connectivity index (χ0v) is 13.1. The number of halogens is 2. The molecule has 0 aliphatic heterocycles. The lowest BCUT2D eigenvalue weighted by Crippen LogP contribution is -2.03. The molecule has 2 aromatic carbocycles. The van der Waals surface area contributed by atoms with Gasteiger partial charge in [-0.15, -0.1) is 0 Å². The molecule has 2 aromatic rings. The smallest absolute Gasteiger partial charge is 0.409 e. The van der Waals surface area contributed by atoms with E-state index in [1.165, 1.54) is 0 Å². The van der Waals surface area contributed by atoms with Gasteiger partial charge in [0.15, 0.2) is 0 Å². The van der Waals surface area contributed by atoms with Crippen molar-refractivity contribution in [1.29, 1.82) is 0 Å². The van der Waals surface area contributed by atoms with Crippen molar-refractivity contribution < 1.29 is 19.4 Å². The Morgan fingerprint density at radius 2 is 1.48 bits per heavy atom. The largest absolute Gasteiger partial charge is 0.480 e. The first-order chi connectivity index (χ1) is 10.0. The standard InChI is InChI=1S/C8H7BrO2.C7H5ClO2/c9-7(8(10)11)6-4-2-1-3-5-6;8-7(9)10-6-4-2-1-3-5-6/h1-5,7H,(H,10,11);1-5H/t7-;/m0./s1. The van der Waals surface area contributed by atoms with Gasteiger partial charge in [0.05, 0.1) is 0 Å². The molecule has 0 radical (unpaired) electrons. The number of ether oxygens (including phenoxy) is 1. The Bertz CT molecular complexity index is 575. The summed E-state index contributed by atoms with van der Waals surface area (Å²) in [6.07, 6.45) is 0. The third-order valence-electron chi connectivity index (χ3n) is 2.25. The van der Waals surface area contributed by atoms with E-state index in [4.69, 9.17) is 16.7 Å². The van der Waals surface area contributed by atoms with E-state index in [2.05, 4.69) is 20.7 Å². The Balaban J connectivity index is 0.000000211. The van der Waals surface area contributed by atoms with E-state index in [1.54, 1.807) is 36.4 Å². The van der Waals surface area contributed by atoms with Crippen LogP contribution in [0.25, 0.3) is 0 Å². The maximum absolute atomic E-state index is 10.5. The second kappa shape index (κ2) is 9.15. The molecule has 0 saturated carbocycles. The van der Waals surface area contributed by atoms with Gasteiger partial charge in [-0.25, -0.2) is 4.79 Å². The van der Waals surface area contributed by atoms with E-state index in [1.807, 2.05) is 24.3 Å². The molecular weight excluding hydrogens is 360 g/mol. The van der Waals surface area contributed by atoms with E-state index in [9.17, 15) is 9.59 Å². The van der Waals surface area contributed by atoms with Crippen molar-refractivity contribution >= 4 is 38.9 Å². The summed E-state index contributed by atoms with van der Waals surface area (Å²) in [5, 5.41) is 8.59. The van der Waals surface area contributed by atoms with Crippen molar-refractivity contribution in [3.63, 3.8) is 0 Å². The predicted octanol–water partition coefficient (Wildman–Crippen LogP) is 4.63. The van der Waals surface area contributed by atoms with Gasteiger partial charge in [-0.3, -0.25) is 4.79 Å². The molecule has 0 heterocycles. The quantitative estimate of drug-likeness (QED) is 0.631. The number of hydrogen-bond acceptors (Lipinski definition) is 3. The lowest BCUT2D eigenvalue weighted by molar-refractivity contribution is -0.136. The van der Waals surface area contributed by atoms with Crippen LogP contribution in [-0.4, -0.2) is 16.5 Å². The second-order valence-corrected chi connectivity index (χ2v) is 4.99. The molecule has 0 amide bonds. The van der Waals surface area contributed by atoms with Crippen LogP contribution >= 0.6 is 27.5 Å². The molecular formula is C15H12BrClO4. The molecule has 21 heavy (non-hydrogen) atoms. The summed E-state index contributed by atoms with van der Waals surface area (Å²) >= 11 is 8.00. The molecule has 0 aliphatic carbocycles. The topological polar surface area (TPSA) is 63.6 Å². The number of alkyl halides is 1. The highest BCUT2D eigenvalue weighted by Gasteiger charge is 2.13. The highest BCUT2D eigenvalue weighted by atomic mass is 79.9. The van der Waals surface area contributed by atoms with Crippen LogP contribution in [0.3, 0.4) is 0 Å². The fourth-order valence-corrected chi connectivity index (χ4v) is 1.74. The summed E-state index contributed by atoms with van der Waals surface area (Å²) in [5.41, 5.74) is -0.0498. The van der Waals surface area contributed by atoms with Crippen molar-refractivity contribution in [2.45, 2.75) is 4.83 Å². The third kappa shape index (κ3) is 6.92. The van der Waals surface area contributed by atoms with Crippen molar-refractivity contribution in [2.24, 2.45) is 0 Å². The number of benzene rings is 2. The lowest BCUT2D eigenvalue weighted by atomic mass is 10.2. The van der Waals surface area contributed by atoms with Crippen LogP contribution in [0.2, 0.25) is 0 Å². The summed E-state index contributed by atoms with van der Waals surface area (Å²) in [7, 11) is 0. The van der Waals surface area contributed by atoms with Crippen molar-refractivity contribution in [3.8, 4) is 5.75 Å². The molecule has 0 aromatic heterocycles. The average Bonchev–Trinajstić information content (AvgIpc) is 2.48. The highest BCUT2D eigenvalue weighted by Crippen LogP contribution is 2.21. The number of carbonyl (C=O) groups is 2. The molecule has 0 saturated heterocycles. The molecule has 0 spiro atoms. The highest BCUT2D eigenvalue weighted by molar-refractivity contribution is 9.09. The minimum atomic E-state index is -0.865. The van der Waals surface area contributed by atoms with E-state index >= 15 is 0 Å². The molecule has 1 atom stereocenters. The summed E-state index contributed by atoms with van der Waals surface area (Å²) in [4.78, 5) is 20.0. The second-order valence-electron chi connectivity index (χ2n) is 3.76. The van der Waals surface area contributed by atoms with Crippen LogP contribution in [0.15, 0.2) is 60.7 Å². The minimum Gasteiger partial charge on any atom is -0.480 e. The first-order valence-electron chi connectivity index (χ1n) is 5.85. The van der Waals surface area contributed by atoms with Crippen LogP contribution < -0.4 is 4.74 Å². The monoisotopic (exact) mass is 370 g/mol. The van der Waals surface area contributed by atoms with Crippen molar-refractivity contribution in [2.75, 3.05) is 0 Å². The van der Waals surface area contributed by atoms with Gasteiger partial charge in [0.1, 0.15) is 10.6 Å². The normalized spacial score (nSPS) is 10.8. The third-order valence-corrected chi connectivity index (χ3v) is 3.25. The van der Waals surface area contributed by atoms with Gasteiger partial charge in [0.25, 0.3) is 0 Å². The Kier molecular flexibility index (Phi) is 7.50. The van der Waals surface area contributed by atoms with Gasteiger partial charge < -0.3 is 9.84 Å². The summed E-state index contributed by atoms with van der Waals surface area (Å²) in [6.45, 7) is 0. The van der Waals surface area contributed by atoms with E-state index < -0.39 is 16.2 Å². The number of carbonyl (C=O) groups excluding carboxylic acids is 1. The first kappa shape index (κ1) is 17.2. The first-order valence-corrected chi connectivity index (χ1v) is 7.14. The Morgan fingerprint density at radius 1 is 1.00 bits per heavy atom. The Labute approximate surface area is 135 Å². The maximum atomic E-state index is 10.5. The molecule has 6 heteroatoms. The van der Waals surface area contributed by atoms with Crippen LogP contribution in [0.5, 0.6) is 5.75 Å². The van der Waals surface area contributed by atoms with Gasteiger partial charge in [-0.1, -0.05) is 64.5 Å². The minimum absolute atomic E-state index is 0.461. The molecule has 0 unspecified atom stereocenters. The van der Waals surface area contributed by atoms with Gasteiger partial charge in [0.2, 0.25) is 0 Å². The summed E-state index contributed by atoms with van der Waals surface area (Å²) in [6, 6.07) is 17.7. The van der Waals surface area contributed by atoms with Crippen LogP contribution in [0.4, 0.5) is 4.79 Å². The van der Waals surface area contributed by atoms with Crippen LogP contribution in [-0.2, 0) is 4.79 Å². The van der Waals surface area contributed by atoms with Crippen LogP contribution in [0.1, 0.15) is 10.4 Å². The summed E-state index contributed by atoms with van der Waals surface area (Å²) in [5.74, 6) is -0.404. The van der Waals surface area contributed by atoms with Crippen molar-refractivity contribution in [3.05, 3.63) is 66.2 Å². The average molecular weight is 372 g/mol. The van der Waals surface area contributed by atoms with Gasteiger partial charge in [0, 0.05) is 11.6 Å². The molecule has 0 aliphatic rings. The zero-order valence-electron chi connectivity index (χ0n) is 10.8. The zero-order chi connectivity index (χ0) is 15.7. The number of rotatable bonds is 3. The summed E-state index contributed by atoms with van der Waals surface area (Å²) < 4.78 is 4.54. The number of para-hydroxylation sites is 1. The Hall–Kier alpha value is -1.85. The Morgan fingerprint density at radius 3 is 1.90 bits per heavy atom. The van der Waals surface area contributed by atoms with E-state index in [-0.39, 0.29) is 0 Å². The number of aliphatic carboxylic acids is 1.